The molecule has 1 N–H and O–H groups in total. The van der Waals surface area contributed by atoms with E-state index in [0.717, 1.165) is 11.2 Å². The Morgan fingerprint density at radius 1 is 1.07 bits per heavy atom. The summed E-state index contributed by atoms with van der Waals surface area (Å²) in [6.07, 6.45) is 0.0191. The molecule has 0 radical (unpaired) electrons. The summed E-state index contributed by atoms with van der Waals surface area (Å²) in [5.74, 6) is -2.15. The highest BCUT2D eigenvalue weighted by Crippen LogP contribution is 2.42. The number of hydrogen-bond donors (Lipinski definition) is 1. The van der Waals surface area contributed by atoms with Gasteiger partial charge < -0.3 is 14.2 Å². The van der Waals surface area contributed by atoms with Crippen LogP contribution < -0.4 is 5.32 Å². The molecule has 13 heteroatoms. The molecule has 0 bridgehead atoms. The third-order valence-electron chi connectivity index (χ3n) is 6.14. The molecule has 1 unspecified atom stereocenters. The lowest BCUT2D eigenvalue weighted by Crippen LogP contribution is -2.70. The number of β-lactam (4-membered cyclic amide) rings is 1. The van der Waals surface area contributed by atoms with E-state index in [1.807, 2.05) is 12.1 Å². The first-order valence-electron chi connectivity index (χ1n) is 12.0. The van der Waals surface area contributed by atoms with Crippen LogP contribution in [0.2, 0.25) is 5.02 Å². The number of esters is 1. The quantitative estimate of drug-likeness (QED) is 0.218. The van der Waals surface area contributed by atoms with Crippen LogP contribution in [0.4, 0.5) is 0 Å². The minimum Gasteiger partial charge on any atom is -0.448 e. The van der Waals surface area contributed by atoms with Gasteiger partial charge in [-0.15, -0.1) is 23.1 Å². The zero-order valence-electron chi connectivity index (χ0n) is 21.0. The van der Waals surface area contributed by atoms with E-state index in [2.05, 4.69) is 5.32 Å². The highest BCUT2D eigenvalue weighted by molar-refractivity contribution is 8.00. The van der Waals surface area contributed by atoms with E-state index in [1.54, 1.807) is 60.0 Å². The second-order valence-electron chi connectivity index (χ2n) is 8.99. The number of hydrogen-bond acceptors (Lipinski definition) is 9. The number of nitrogens with zero attached hydrogens (tertiary/aromatic N) is 1. The van der Waals surface area contributed by atoms with Gasteiger partial charge in [-0.3, -0.25) is 14.5 Å². The van der Waals surface area contributed by atoms with Gasteiger partial charge in [0.15, 0.2) is 17.6 Å². The maximum Gasteiger partial charge on any atom is 0.359 e. The highest BCUT2D eigenvalue weighted by atomic mass is 35.5. The lowest BCUT2D eigenvalue weighted by molar-refractivity contribution is -0.155. The lowest BCUT2D eigenvalue weighted by atomic mass is 10.0. The first-order chi connectivity index (χ1) is 19.1. The molecule has 2 aliphatic heterocycles. The maximum absolute atomic E-state index is 13.7. The summed E-state index contributed by atoms with van der Waals surface area (Å²) < 4.78 is 35.1. The molecule has 3 aromatic rings. The van der Waals surface area contributed by atoms with E-state index in [4.69, 9.17) is 20.5 Å². The molecular formula is C27H23ClN2O7S3. The normalized spacial score (nSPS) is 18.7. The van der Waals surface area contributed by atoms with Gasteiger partial charge in [0.25, 0.3) is 5.91 Å². The van der Waals surface area contributed by atoms with Crippen molar-refractivity contribution in [2.75, 3.05) is 12.0 Å². The van der Waals surface area contributed by atoms with Crippen molar-refractivity contribution in [2.24, 2.45) is 0 Å². The molecule has 3 heterocycles. The molecule has 5 rings (SSSR count). The van der Waals surface area contributed by atoms with E-state index < -0.39 is 45.4 Å². The molecule has 0 spiro atoms. The van der Waals surface area contributed by atoms with Crippen LogP contribution in [0.15, 0.2) is 83.6 Å². The Balaban J connectivity index is 1.42. The number of nitrogens with one attached hydrogen (secondary N) is 1. The van der Waals surface area contributed by atoms with Crippen molar-refractivity contribution < 1.29 is 31.7 Å². The average Bonchev–Trinajstić information content (AvgIpc) is 3.33. The Bertz CT molecular complexity index is 1540. The van der Waals surface area contributed by atoms with Gasteiger partial charge in [-0.1, -0.05) is 72.3 Å². The third kappa shape index (κ3) is 6.04. The summed E-state index contributed by atoms with van der Waals surface area (Å²) in [5, 5.41) is 4.29. The van der Waals surface area contributed by atoms with Crippen molar-refractivity contribution in [2.45, 2.75) is 23.9 Å². The van der Waals surface area contributed by atoms with Gasteiger partial charge in [-0.05, 0) is 22.6 Å². The zero-order valence-corrected chi connectivity index (χ0v) is 24.2. The van der Waals surface area contributed by atoms with Gasteiger partial charge in [0.1, 0.15) is 11.4 Å². The number of ether oxygens (including phenoxy) is 1. The fourth-order valence-electron chi connectivity index (χ4n) is 4.40. The Kier molecular flexibility index (Phi) is 8.22. The number of benzene rings is 2. The molecular weight excluding hydrogens is 596 g/mol. The van der Waals surface area contributed by atoms with Gasteiger partial charge in [0, 0.05) is 4.88 Å². The van der Waals surface area contributed by atoms with Crippen LogP contribution in [0.25, 0.3) is 0 Å². The topological polar surface area (TPSA) is 119 Å². The van der Waals surface area contributed by atoms with Crippen LogP contribution in [0.3, 0.4) is 0 Å². The minimum atomic E-state index is -4.02. The monoisotopic (exact) mass is 618 g/mol. The zero-order chi connectivity index (χ0) is 28.4. The Labute approximate surface area is 244 Å². The largest absolute Gasteiger partial charge is 0.448 e. The first kappa shape index (κ1) is 28.2. The molecule has 1 saturated heterocycles. The second kappa shape index (κ2) is 11.7. The van der Waals surface area contributed by atoms with E-state index in [1.165, 1.54) is 23.1 Å². The van der Waals surface area contributed by atoms with E-state index in [9.17, 15) is 22.8 Å². The maximum atomic E-state index is 13.7. The molecule has 9 nitrogen and oxygen atoms in total. The molecule has 2 aliphatic rings. The molecule has 40 heavy (non-hydrogen) atoms. The van der Waals surface area contributed by atoms with Gasteiger partial charge >= 0.3 is 16.1 Å². The van der Waals surface area contributed by atoms with Gasteiger partial charge in [0.2, 0.25) is 5.91 Å². The van der Waals surface area contributed by atoms with Gasteiger partial charge in [-0.2, -0.15) is 8.42 Å². The van der Waals surface area contributed by atoms with E-state index in [0.29, 0.717) is 21.0 Å². The number of fused-ring (bicyclic) bond motifs is 1. The van der Waals surface area contributed by atoms with Gasteiger partial charge in [-0.25, -0.2) is 4.79 Å². The van der Waals surface area contributed by atoms with E-state index in [-0.39, 0.29) is 23.6 Å². The van der Waals surface area contributed by atoms with Crippen LogP contribution >= 0.6 is 34.7 Å². The SMILES string of the molecule is CS(=O)(=O)OC1=C(C(=O)OC(c2ccccc2)c2ccccc2)N2C(=O)C(NC(=O)Cc3sccc3Cl)[C@H]2SC1. The fraction of sp³-hybridized carbons (Fsp3) is 0.222. The smallest absolute Gasteiger partial charge is 0.359 e. The Hall–Kier alpha value is -3.32. The fourth-order valence-corrected chi connectivity index (χ4v) is 7.33. The summed E-state index contributed by atoms with van der Waals surface area (Å²) in [5.41, 5.74) is 1.06. The summed E-state index contributed by atoms with van der Waals surface area (Å²) in [6.45, 7) is 0. The number of thioether (sulfide) groups is 1. The summed E-state index contributed by atoms with van der Waals surface area (Å²) >= 11 is 8.59. The number of halogens is 1. The number of carbonyl (C=O) groups excluding carboxylic acids is 3. The highest BCUT2D eigenvalue weighted by Gasteiger charge is 2.55. The summed E-state index contributed by atoms with van der Waals surface area (Å²) in [7, 11) is -4.02. The van der Waals surface area contributed by atoms with Crippen LogP contribution in [0.5, 0.6) is 0 Å². The molecule has 208 valence electrons. The third-order valence-corrected chi connectivity index (χ3v) is 9.28. The Morgan fingerprint density at radius 3 is 2.25 bits per heavy atom. The molecule has 1 fully saturated rings. The number of amides is 2. The van der Waals surface area contributed by atoms with Crippen LogP contribution in [0, 0.1) is 0 Å². The summed E-state index contributed by atoms with van der Waals surface area (Å²) in [6, 6.07) is 18.8. The molecule has 0 saturated carbocycles. The average molecular weight is 619 g/mol. The minimum absolute atomic E-state index is 0.000670. The lowest BCUT2D eigenvalue weighted by Gasteiger charge is -2.49. The molecule has 0 aliphatic carbocycles. The predicted octanol–water partition coefficient (Wildman–Crippen LogP) is 3.86. The standard InChI is InChI=1S/C27H23ClN2O7S3/c1-40(34,35)37-19-15-39-26-22(29-21(31)14-20-18(28)12-13-38-20)25(32)30(26)23(19)27(33)36-24(16-8-4-2-5-9-16)17-10-6-3-7-11-17/h2-13,22,24,26H,14-15H2,1H3,(H,29,31)/t22?,26-/m1/s1. The molecule has 2 amide bonds. The Morgan fingerprint density at radius 2 is 1.70 bits per heavy atom. The van der Waals surface area contributed by atoms with Crippen molar-refractivity contribution in [3.05, 3.63) is 105 Å². The van der Waals surface area contributed by atoms with Crippen molar-refractivity contribution in [3.8, 4) is 0 Å². The van der Waals surface area contributed by atoms with Crippen molar-refractivity contribution >= 4 is 62.6 Å². The van der Waals surface area contributed by atoms with E-state index >= 15 is 0 Å². The molecule has 2 aromatic carbocycles. The van der Waals surface area contributed by atoms with Crippen molar-refractivity contribution in [3.63, 3.8) is 0 Å². The van der Waals surface area contributed by atoms with Crippen LogP contribution in [-0.4, -0.2) is 54.5 Å². The van der Waals surface area contributed by atoms with Crippen molar-refractivity contribution in [1.29, 1.82) is 0 Å². The number of carbonyl (C=O) groups is 3. The predicted molar refractivity (Wildman–Crippen MR) is 152 cm³/mol. The second-order valence-corrected chi connectivity index (χ2v) is 13.1. The van der Waals surface area contributed by atoms with Crippen LogP contribution in [-0.2, 0) is 39.8 Å². The first-order valence-corrected chi connectivity index (χ1v) is 16.1. The number of thiophene rings is 1. The number of rotatable bonds is 9. The van der Waals surface area contributed by atoms with Crippen molar-refractivity contribution in [1.82, 2.24) is 10.2 Å². The molecule has 2 atom stereocenters. The molecule has 1 aromatic heterocycles. The van der Waals surface area contributed by atoms with Crippen LogP contribution in [0.1, 0.15) is 22.1 Å². The summed E-state index contributed by atoms with van der Waals surface area (Å²) in [4.78, 5) is 41.4. The van der Waals surface area contributed by atoms with Gasteiger partial charge in [0.05, 0.1) is 23.5 Å².